The lowest BCUT2D eigenvalue weighted by Gasteiger charge is -2.16. The van der Waals surface area contributed by atoms with Crippen molar-refractivity contribution >= 4 is 24.8 Å². The SMILES string of the molecule is NCCCOCCOCCOCCCNc1ncnc2c1ncn2[C@@H]1O[C@H](COP(=O)(O)O)[C@@H](O)[C@H]1O. The Hall–Kier alpha value is -1.82. The molecule has 1 aliphatic heterocycles. The molecule has 1 fully saturated rings. The van der Waals surface area contributed by atoms with E-state index in [-0.39, 0.29) is 0 Å². The molecule has 0 unspecified atom stereocenters. The monoisotopic (exact) mass is 550 g/mol. The van der Waals surface area contributed by atoms with Gasteiger partial charge < -0.3 is 50.0 Å². The molecule has 0 amide bonds. The molecule has 210 valence electrons. The Morgan fingerprint density at radius 3 is 2.35 bits per heavy atom. The fraction of sp³-hybridized carbons (Fsp3) is 0.750. The maximum Gasteiger partial charge on any atom is 0.469 e. The summed E-state index contributed by atoms with van der Waals surface area (Å²) in [5.41, 5.74) is 6.15. The van der Waals surface area contributed by atoms with Crippen molar-refractivity contribution in [3.8, 4) is 0 Å². The van der Waals surface area contributed by atoms with Crippen molar-refractivity contribution in [2.45, 2.75) is 37.4 Å². The lowest BCUT2D eigenvalue weighted by molar-refractivity contribution is -0.0504. The van der Waals surface area contributed by atoms with E-state index in [1.54, 1.807) is 0 Å². The third-order valence-corrected chi connectivity index (χ3v) is 5.86. The molecule has 3 rings (SSSR count). The standard InChI is InChI=1S/C20H35N6O10P/c21-3-1-5-32-7-9-34-10-8-33-6-2-4-22-18-15-19(24-12-23-18)26(13-25-15)20-17(28)16(27)14(36-20)11-35-37(29,30)31/h12-14,16-17,20,27-28H,1-11,21H2,(H,22,23,24)(H2,29,30,31)/t14-,16-,17-,20-/m1/s1. The zero-order valence-corrected chi connectivity index (χ0v) is 21.2. The quantitative estimate of drug-likeness (QED) is 0.0942. The Morgan fingerprint density at radius 2 is 1.68 bits per heavy atom. The highest BCUT2D eigenvalue weighted by atomic mass is 31.2. The molecule has 3 heterocycles. The van der Waals surface area contributed by atoms with Gasteiger partial charge in [-0.3, -0.25) is 9.09 Å². The van der Waals surface area contributed by atoms with E-state index in [4.69, 9.17) is 34.5 Å². The van der Waals surface area contributed by atoms with Crippen molar-refractivity contribution in [3.63, 3.8) is 0 Å². The summed E-state index contributed by atoms with van der Waals surface area (Å²) in [5, 5.41) is 23.8. The Morgan fingerprint density at radius 1 is 1.00 bits per heavy atom. The molecule has 7 N–H and O–H groups in total. The van der Waals surface area contributed by atoms with E-state index in [1.165, 1.54) is 17.2 Å². The fourth-order valence-electron chi connectivity index (χ4n) is 3.54. The van der Waals surface area contributed by atoms with Crippen LogP contribution < -0.4 is 11.1 Å². The van der Waals surface area contributed by atoms with E-state index in [9.17, 15) is 14.8 Å². The van der Waals surface area contributed by atoms with Crippen LogP contribution in [0.1, 0.15) is 19.1 Å². The molecular formula is C20H35N6O10P. The summed E-state index contributed by atoms with van der Waals surface area (Å²) in [4.78, 5) is 30.5. The van der Waals surface area contributed by atoms with Crippen molar-refractivity contribution in [2.75, 3.05) is 64.7 Å². The van der Waals surface area contributed by atoms with Crippen LogP contribution in [-0.2, 0) is 28.0 Å². The normalized spacial score (nSPS) is 22.2. The second-order valence-electron chi connectivity index (χ2n) is 8.14. The predicted octanol–water partition coefficient (Wildman–Crippen LogP) is -1.24. The number of hydrogen-bond donors (Lipinski definition) is 6. The minimum atomic E-state index is -4.76. The maximum atomic E-state index is 10.9. The van der Waals surface area contributed by atoms with Gasteiger partial charge in [0.1, 0.15) is 24.6 Å². The van der Waals surface area contributed by atoms with E-state index < -0.39 is 39.0 Å². The van der Waals surface area contributed by atoms with Gasteiger partial charge in [0, 0.05) is 19.8 Å². The maximum absolute atomic E-state index is 10.9. The summed E-state index contributed by atoms with van der Waals surface area (Å²) >= 11 is 0. The van der Waals surface area contributed by atoms with Crippen LogP contribution in [0.2, 0.25) is 0 Å². The van der Waals surface area contributed by atoms with Crippen LogP contribution in [0, 0.1) is 0 Å². The summed E-state index contributed by atoms with van der Waals surface area (Å²) in [7, 11) is -4.76. The van der Waals surface area contributed by atoms with Crippen LogP contribution >= 0.6 is 7.82 Å². The van der Waals surface area contributed by atoms with Gasteiger partial charge in [-0.1, -0.05) is 0 Å². The number of nitrogens with two attached hydrogens (primary N) is 1. The van der Waals surface area contributed by atoms with Crippen molar-refractivity contribution in [1.29, 1.82) is 0 Å². The van der Waals surface area contributed by atoms with Crippen molar-refractivity contribution in [2.24, 2.45) is 5.73 Å². The number of aromatic nitrogens is 4. The number of hydrogen-bond acceptors (Lipinski definition) is 13. The summed E-state index contributed by atoms with van der Waals surface area (Å²) in [6.45, 7) is 3.71. The van der Waals surface area contributed by atoms with Gasteiger partial charge in [-0.25, -0.2) is 19.5 Å². The van der Waals surface area contributed by atoms with Crippen LogP contribution in [-0.4, -0.2) is 117 Å². The topological polar surface area (TPSA) is 226 Å². The summed E-state index contributed by atoms with van der Waals surface area (Å²) in [6, 6.07) is 0. The average molecular weight is 551 g/mol. The summed E-state index contributed by atoms with van der Waals surface area (Å²) in [6.07, 6.45) is -0.862. The third-order valence-electron chi connectivity index (χ3n) is 5.37. The summed E-state index contributed by atoms with van der Waals surface area (Å²) in [5.74, 6) is 0.469. The molecule has 1 aliphatic rings. The van der Waals surface area contributed by atoms with Gasteiger partial charge in [0.05, 0.1) is 39.4 Å². The van der Waals surface area contributed by atoms with E-state index in [2.05, 4.69) is 24.8 Å². The number of imidazole rings is 1. The fourth-order valence-corrected chi connectivity index (χ4v) is 3.88. The smallest absolute Gasteiger partial charge is 0.387 e. The van der Waals surface area contributed by atoms with E-state index >= 15 is 0 Å². The average Bonchev–Trinajstić information content (AvgIpc) is 3.41. The number of phosphoric ester groups is 1. The van der Waals surface area contributed by atoms with Crippen molar-refractivity contribution in [3.05, 3.63) is 12.7 Å². The molecule has 1 saturated heterocycles. The van der Waals surface area contributed by atoms with Gasteiger partial charge in [0.15, 0.2) is 23.2 Å². The Labute approximate surface area is 213 Å². The van der Waals surface area contributed by atoms with Crippen LogP contribution in [0.25, 0.3) is 11.2 Å². The molecule has 0 spiro atoms. The van der Waals surface area contributed by atoms with E-state index in [0.717, 1.165) is 6.42 Å². The first-order chi connectivity index (χ1) is 17.8. The molecular weight excluding hydrogens is 515 g/mol. The number of ether oxygens (including phenoxy) is 4. The van der Waals surface area contributed by atoms with Gasteiger partial charge in [-0.15, -0.1) is 0 Å². The number of anilines is 1. The number of phosphoric acid groups is 1. The van der Waals surface area contributed by atoms with Gasteiger partial charge in [-0.2, -0.15) is 0 Å². The lowest BCUT2D eigenvalue weighted by atomic mass is 10.1. The highest BCUT2D eigenvalue weighted by molar-refractivity contribution is 7.46. The first-order valence-electron chi connectivity index (χ1n) is 11.9. The zero-order chi connectivity index (χ0) is 26.7. The molecule has 4 atom stereocenters. The molecule has 0 bridgehead atoms. The third kappa shape index (κ3) is 9.15. The van der Waals surface area contributed by atoms with E-state index in [0.29, 0.717) is 76.1 Å². The molecule has 17 heteroatoms. The Bertz CT molecular complexity index is 994. The largest absolute Gasteiger partial charge is 0.469 e. The highest BCUT2D eigenvalue weighted by Gasteiger charge is 2.45. The summed E-state index contributed by atoms with van der Waals surface area (Å²) < 4.78 is 38.7. The van der Waals surface area contributed by atoms with Gasteiger partial charge >= 0.3 is 7.82 Å². The molecule has 37 heavy (non-hydrogen) atoms. The Kier molecular flexibility index (Phi) is 12.0. The molecule has 16 nitrogen and oxygen atoms in total. The number of aliphatic hydroxyl groups is 2. The van der Waals surface area contributed by atoms with Crippen LogP contribution in [0.5, 0.6) is 0 Å². The molecule has 2 aromatic rings. The Balaban J connectivity index is 1.41. The molecule has 0 saturated carbocycles. The van der Waals surface area contributed by atoms with E-state index in [1.807, 2.05) is 0 Å². The first-order valence-corrected chi connectivity index (χ1v) is 13.4. The lowest BCUT2D eigenvalue weighted by Crippen LogP contribution is -2.33. The molecule has 2 aromatic heterocycles. The minimum absolute atomic E-state index is 0.339. The van der Waals surface area contributed by atoms with Crippen LogP contribution in [0.15, 0.2) is 12.7 Å². The minimum Gasteiger partial charge on any atom is -0.387 e. The number of fused-ring (bicyclic) bond motifs is 1. The number of aliphatic hydroxyl groups excluding tert-OH is 2. The second kappa shape index (κ2) is 14.9. The molecule has 0 aliphatic carbocycles. The number of nitrogens with one attached hydrogen (secondary N) is 1. The predicted molar refractivity (Wildman–Crippen MR) is 128 cm³/mol. The molecule has 0 radical (unpaired) electrons. The zero-order valence-electron chi connectivity index (χ0n) is 20.3. The molecule has 0 aromatic carbocycles. The van der Waals surface area contributed by atoms with Crippen LogP contribution in [0.4, 0.5) is 5.82 Å². The van der Waals surface area contributed by atoms with Gasteiger partial charge in [0.25, 0.3) is 0 Å². The van der Waals surface area contributed by atoms with Crippen molar-refractivity contribution in [1.82, 2.24) is 19.5 Å². The second-order valence-corrected chi connectivity index (χ2v) is 9.38. The van der Waals surface area contributed by atoms with Gasteiger partial charge in [0.2, 0.25) is 0 Å². The van der Waals surface area contributed by atoms with Gasteiger partial charge in [-0.05, 0) is 19.4 Å². The number of nitrogens with zero attached hydrogens (tertiary/aromatic N) is 4. The van der Waals surface area contributed by atoms with Crippen molar-refractivity contribution < 1.29 is 48.0 Å². The highest BCUT2D eigenvalue weighted by Crippen LogP contribution is 2.38. The van der Waals surface area contributed by atoms with Crippen LogP contribution in [0.3, 0.4) is 0 Å². The first kappa shape index (κ1) is 29.7. The number of rotatable bonds is 18.